The number of piperidine rings is 2. The van der Waals surface area contributed by atoms with Crippen molar-refractivity contribution in [2.45, 2.75) is 177 Å². The average molecular weight is 1260 g/mol. The first-order chi connectivity index (χ1) is 41.7. The molecule has 8 aliphatic carbocycles. The quantitative estimate of drug-likeness (QED) is 0.170. The molecule has 6 fully saturated rings. The Morgan fingerprint density at radius 2 is 0.876 bits per heavy atom. The summed E-state index contributed by atoms with van der Waals surface area (Å²) in [5.41, 5.74) is -2.25. The molecule has 3 N–H and O–H groups in total. The highest BCUT2D eigenvalue weighted by molar-refractivity contribution is 5.96. The van der Waals surface area contributed by atoms with Crippen LogP contribution < -0.4 is 0 Å². The molecule has 0 aromatic heterocycles. The minimum Gasteiger partial charge on any atom is -0.481 e. The first-order valence-electron chi connectivity index (χ1n) is 31.1. The molecular weight excluding hydrogens is 1180 g/mol. The van der Waals surface area contributed by atoms with Crippen molar-refractivity contribution in [1.29, 1.82) is 0 Å². The average Bonchev–Trinajstić information content (AvgIpc) is 1.80. The molecule has 10 atom stereocenters. The van der Waals surface area contributed by atoms with E-state index in [1.807, 2.05) is 0 Å². The van der Waals surface area contributed by atoms with Crippen molar-refractivity contribution in [3.8, 4) is 0 Å². The highest BCUT2D eigenvalue weighted by atomic mass is 19.4. The van der Waals surface area contributed by atoms with Crippen LogP contribution in [0.2, 0.25) is 0 Å². The van der Waals surface area contributed by atoms with Crippen molar-refractivity contribution in [1.82, 2.24) is 9.80 Å². The van der Waals surface area contributed by atoms with Crippen LogP contribution in [0.5, 0.6) is 0 Å². The molecule has 0 radical (unpaired) electrons. The van der Waals surface area contributed by atoms with Gasteiger partial charge in [-0.1, -0.05) is 49.3 Å². The number of aliphatic carboxylic acids is 1. The number of alkyl halides is 10. The fourth-order valence-corrected chi connectivity index (χ4v) is 18.3. The summed E-state index contributed by atoms with van der Waals surface area (Å²) in [6, 6.07) is 13.4. The summed E-state index contributed by atoms with van der Waals surface area (Å²) in [5.74, 6) is -16.0. The lowest BCUT2D eigenvalue weighted by Gasteiger charge is -2.56. The van der Waals surface area contributed by atoms with E-state index in [4.69, 9.17) is 4.74 Å². The SMILES string of the molecule is COC(=O)C1CCN(C(=O)c2ccc([C@H]3C[C@@]4(C)[C@@H](CC[C@@]4(O)C(F)(F)C(F)(F)F)[C@@H]4CCC5=CC(=O)CCC5=C43)cc2)CC1.C[C@]12C[C@H](c3ccc(C(=O)N4CCC(C(=O)O)CC4)cc3)C3=C4CCC(=O)C=C4CC[C@H]3[C@@H]1CC[C@@]2(O)C(F)(F)C(F)(F)F. The van der Waals surface area contributed by atoms with Gasteiger partial charge in [-0.2, -0.15) is 43.9 Å². The number of ether oxygens (including phenoxy) is 1. The van der Waals surface area contributed by atoms with Gasteiger partial charge in [0.05, 0.1) is 18.9 Å². The van der Waals surface area contributed by atoms with Crippen molar-refractivity contribution in [3.63, 3.8) is 0 Å². The number of aliphatic hydroxyl groups is 2. The number of benzene rings is 2. The lowest BCUT2D eigenvalue weighted by molar-refractivity contribution is -0.362. The first-order valence-corrected chi connectivity index (χ1v) is 31.1. The van der Waals surface area contributed by atoms with E-state index in [1.165, 1.54) is 21.0 Å². The molecule has 2 aromatic carbocycles. The van der Waals surface area contributed by atoms with Gasteiger partial charge in [0.1, 0.15) is 11.2 Å². The zero-order valence-electron chi connectivity index (χ0n) is 49.8. The third-order valence-electron chi connectivity index (χ3n) is 23.1. The molecule has 12 nitrogen and oxygen atoms in total. The van der Waals surface area contributed by atoms with Crippen LogP contribution in [0.15, 0.2) is 94.1 Å². The summed E-state index contributed by atoms with van der Waals surface area (Å²) in [6.45, 7) is 4.16. The van der Waals surface area contributed by atoms with Crippen molar-refractivity contribution in [2.75, 3.05) is 33.3 Å². The van der Waals surface area contributed by atoms with E-state index in [1.54, 1.807) is 70.5 Å². The van der Waals surface area contributed by atoms with Gasteiger partial charge in [-0.05, 0) is 196 Å². The first kappa shape index (κ1) is 64.4. The van der Waals surface area contributed by atoms with Crippen LogP contribution in [-0.2, 0) is 23.9 Å². The second kappa shape index (κ2) is 22.9. The fraction of sp³-hybridized carbons (Fsp3) is 0.612. The number of ketones is 2. The summed E-state index contributed by atoms with van der Waals surface area (Å²) in [4.78, 5) is 77.5. The van der Waals surface area contributed by atoms with Crippen LogP contribution in [0.3, 0.4) is 0 Å². The molecule has 10 aliphatic rings. The second-order valence-corrected chi connectivity index (χ2v) is 27.2. The Labute approximate surface area is 508 Å². The summed E-state index contributed by atoms with van der Waals surface area (Å²) in [5, 5.41) is 32.1. The van der Waals surface area contributed by atoms with Gasteiger partial charge in [-0.15, -0.1) is 0 Å². The fourth-order valence-electron chi connectivity index (χ4n) is 18.3. The molecule has 0 bridgehead atoms. The van der Waals surface area contributed by atoms with Gasteiger partial charge in [0.2, 0.25) is 0 Å². The third-order valence-corrected chi connectivity index (χ3v) is 23.1. The smallest absolute Gasteiger partial charge is 0.456 e. The predicted molar refractivity (Wildman–Crippen MR) is 302 cm³/mol. The molecule has 4 saturated carbocycles. The maximum absolute atomic E-state index is 15.2. The number of amides is 2. The maximum atomic E-state index is 15.2. The number of hydrogen-bond acceptors (Lipinski definition) is 9. The molecule has 0 spiro atoms. The van der Waals surface area contributed by atoms with Gasteiger partial charge >= 0.3 is 36.1 Å². The Morgan fingerprint density at radius 1 is 0.517 bits per heavy atom. The number of carboxylic acid groups (broad SMARTS) is 1. The summed E-state index contributed by atoms with van der Waals surface area (Å²) in [7, 11) is 1.33. The van der Waals surface area contributed by atoms with Crippen LogP contribution in [0, 0.1) is 46.3 Å². The van der Waals surface area contributed by atoms with E-state index in [2.05, 4.69) is 0 Å². The number of hydrogen-bond donors (Lipinski definition) is 3. The molecule has 12 rings (SSSR count). The standard InChI is InChI=1S/C34H38F5NO5.C33H36F5NO5/c1-31-18-26(19-3-5-20(6-4-19)29(42)40-15-12-21(13-16-40)30(43)45-2)28-24-10-8-23(41)17-22(24)7-9-25(28)27(31)11-14-32(31,44)33(35,36)34(37,38)39;1-30-17-25(18-2-4-19(5-3-18)28(41)39-14-11-20(12-15-39)29(42)43)27-23-9-7-22(40)16-21(23)6-8-24(27)26(30)10-13-31(30,44)32(34,35)33(36,37)38/h3-6,17,21,25-27,44H,7-16,18H2,1-2H3;2-5,16,20,24-26,44H,6-15,17H2,1H3,(H,42,43)/t25-,26+,27-,31-,32-;24-,25+,26-,30-,31-/m00/s1. The predicted octanol–water partition coefficient (Wildman–Crippen LogP) is 13.0. The number of carboxylic acids is 1. The molecule has 2 saturated heterocycles. The van der Waals surface area contributed by atoms with E-state index >= 15 is 17.6 Å². The molecule has 2 amide bonds. The number of methoxy groups -OCH3 is 1. The van der Waals surface area contributed by atoms with Crippen LogP contribution >= 0.6 is 0 Å². The molecule has 89 heavy (non-hydrogen) atoms. The zero-order chi connectivity index (χ0) is 64.3. The number of likely N-dealkylation sites (tertiary alicyclic amines) is 2. The summed E-state index contributed by atoms with van der Waals surface area (Å²) >= 11 is 0. The van der Waals surface area contributed by atoms with Gasteiger partial charge in [-0.25, -0.2) is 0 Å². The number of nitrogens with zero attached hydrogens (tertiary/aromatic N) is 2. The highest BCUT2D eigenvalue weighted by Gasteiger charge is 2.80. The van der Waals surface area contributed by atoms with Crippen molar-refractivity contribution >= 4 is 35.3 Å². The van der Waals surface area contributed by atoms with E-state index < -0.39 is 94.6 Å². The largest absolute Gasteiger partial charge is 0.481 e. The molecule has 482 valence electrons. The molecule has 0 unspecified atom stereocenters. The number of halogens is 10. The van der Waals surface area contributed by atoms with Crippen LogP contribution in [0.1, 0.15) is 173 Å². The monoisotopic (exact) mass is 1260 g/mol. The Morgan fingerprint density at radius 3 is 1.21 bits per heavy atom. The Kier molecular flexibility index (Phi) is 16.6. The maximum Gasteiger partial charge on any atom is 0.456 e. The molecule has 2 aromatic rings. The Bertz CT molecular complexity index is 3340. The normalized spacial score (nSPS) is 32.7. The number of rotatable bonds is 8. The minimum atomic E-state index is -5.92. The van der Waals surface area contributed by atoms with E-state index in [0.29, 0.717) is 125 Å². The number of allylic oxidation sites excluding steroid dienone is 8. The lowest BCUT2D eigenvalue weighted by atomic mass is 9.50. The van der Waals surface area contributed by atoms with Crippen LogP contribution in [0.25, 0.3) is 0 Å². The van der Waals surface area contributed by atoms with Crippen LogP contribution in [0.4, 0.5) is 43.9 Å². The second-order valence-electron chi connectivity index (χ2n) is 27.2. The van der Waals surface area contributed by atoms with Crippen molar-refractivity contribution in [2.24, 2.45) is 46.3 Å². The number of fused-ring (bicyclic) bond motifs is 8. The van der Waals surface area contributed by atoms with Gasteiger partial charge in [0, 0.05) is 72.8 Å². The molecule has 2 aliphatic heterocycles. The molecular formula is C67H74F10N2O10. The topological polar surface area (TPSA) is 179 Å². The summed E-state index contributed by atoms with van der Waals surface area (Å²) in [6.07, 6.45) is -4.77. The van der Waals surface area contributed by atoms with E-state index in [-0.39, 0.29) is 72.8 Å². The highest BCUT2D eigenvalue weighted by Crippen LogP contribution is 2.73. The van der Waals surface area contributed by atoms with Gasteiger partial charge in [0.15, 0.2) is 11.6 Å². The van der Waals surface area contributed by atoms with Crippen molar-refractivity contribution < 1.29 is 92.7 Å². The minimum absolute atomic E-state index is 0.00955. The van der Waals surface area contributed by atoms with E-state index in [9.17, 15) is 70.4 Å². The lowest BCUT2D eigenvalue weighted by Crippen LogP contribution is -2.65. The van der Waals surface area contributed by atoms with E-state index in [0.717, 1.165) is 33.4 Å². The zero-order valence-corrected chi connectivity index (χ0v) is 49.8. The molecule has 22 heteroatoms. The Hall–Kier alpha value is -6.16. The van der Waals surface area contributed by atoms with Gasteiger partial charge in [-0.3, -0.25) is 28.8 Å². The van der Waals surface area contributed by atoms with Crippen molar-refractivity contribution in [3.05, 3.63) is 116 Å². The number of carbonyl (C=O) groups excluding carboxylic acids is 5. The molecule has 2 heterocycles. The number of carbonyl (C=O) groups is 6. The van der Waals surface area contributed by atoms with Gasteiger partial charge < -0.3 is 29.9 Å². The third kappa shape index (κ3) is 10.4. The number of esters is 1. The van der Waals surface area contributed by atoms with Gasteiger partial charge in [0.25, 0.3) is 11.8 Å². The Balaban J connectivity index is 0.000000184. The summed E-state index contributed by atoms with van der Waals surface area (Å²) < 4.78 is 148. The van der Waals surface area contributed by atoms with Crippen LogP contribution in [-0.4, -0.2) is 129 Å².